The van der Waals surface area contributed by atoms with Crippen molar-refractivity contribution in [1.82, 2.24) is 10.2 Å². The van der Waals surface area contributed by atoms with E-state index in [1.807, 2.05) is 0 Å². The fraction of sp³-hybridized carbons (Fsp3) is 0.941. The van der Waals surface area contributed by atoms with Crippen LogP contribution >= 0.6 is 0 Å². The molecule has 21 heteroatoms. The minimum absolute atomic E-state index is 0.00668. The van der Waals surface area contributed by atoms with Crippen molar-refractivity contribution in [3.05, 3.63) is 0 Å². The number of carbonyl (C=O) groups is 2. The third-order valence-corrected chi connectivity index (χ3v) is 7.49. The minimum Gasteiger partial charge on any atom is -0.460 e. The molecule has 0 heterocycles. The molecule has 0 radical (unpaired) electrons. The maximum Gasteiger partial charge on any atom is 0.308 e. The summed E-state index contributed by atoms with van der Waals surface area (Å²) in [6.45, 7) is 6.19. The van der Waals surface area contributed by atoms with Crippen molar-refractivity contribution in [2.45, 2.75) is 88.0 Å². The normalized spacial score (nSPS) is 16.6. The summed E-state index contributed by atoms with van der Waals surface area (Å²) in [6.07, 6.45) is -14.1. The van der Waals surface area contributed by atoms with E-state index in [9.17, 15) is 50.4 Å². The molecule has 0 aliphatic rings. The highest BCUT2D eigenvalue weighted by Crippen LogP contribution is 2.11. The predicted molar refractivity (Wildman–Crippen MR) is 192 cm³/mol. The van der Waals surface area contributed by atoms with E-state index in [4.69, 9.17) is 43.4 Å². The number of aliphatic hydroxyl groups excluding tert-OH is 10. The van der Waals surface area contributed by atoms with Crippen LogP contribution in [0.4, 0.5) is 0 Å². The first-order valence-electron chi connectivity index (χ1n) is 18.4. The van der Waals surface area contributed by atoms with Gasteiger partial charge in [-0.3, -0.25) is 14.5 Å². The van der Waals surface area contributed by atoms with Gasteiger partial charge in [-0.05, 0) is 20.8 Å². The Balaban J connectivity index is 4.07. The maximum atomic E-state index is 12.0. The summed E-state index contributed by atoms with van der Waals surface area (Å²) in [6, 6.07) is 0. The quantitative estimate of drug-likeness (QED) is 0.0208. The Morgan fingerprint density at radius 3 is 1.31 bits per heavy atom. The first-order chi connectivity index (χ1) is 26.0. The van der Waals surface area contributed by atoms with Gasteiger partial charge in [0.05, 0.1) is 111 Å². The molecular weight excluding hydrogens is 740 g/mol. The van der Waals surface area contributed by atoms with Gasteiger partial charge in [0.2, 0.25) is 5.91 Å². The molecule has 8 atom stereocenters. The third kappa shape index (κ3) is 28.3. The van der Waals surface area contributed by atoms with Gasteiger partial charge in [0.15, 0.2) is 0 Å². The van der Waals surface area contributed by atoms with Crippen molar-refractivity contribution in [2.75, 3.05) is 119 Å². The van der Waals surface area contributed by atoms with E-state index < -0.39 is 80.7 Å². The summed E-state index contributed by atoms with van der Waals surface area (Å²) in [5.74, 6) is -0.548. The number of hydrogen-bond donors (Lipinski definition) is 11. The number of amides is 1. The van der Waals surface area contributed by atoms with Crippen LogP contribution < -0.4 is 5.32 Å². The average molecular weight is 809 g/mol. The molecule has 0 unspecified atom stereocenters. The van der Waals surface area contributed by atoms with Gasteiger partial charge >= 0.3 is 5.97 Å². The van der Waals surface area contributed by atoms with Gasteiger partial charge in [-0.1, -0.05) is 0 Å². The number of carbonyl (C=O) groups excluding carboxylic acids is 2. The third-order valence-electron chi connectivity index (χ3n) is 7.49. The molecule has 328 valence electrons. The number of aliphatic hydroxyl groups is 10. The van der Waals surface area contributed by atoms with E-state index in [0.29, 0.717) is 52.8 Å². The van der Waals surface area contributed by atoms with Crippen LogP contribution in [0.25, 0.3) is 0 Å². The predicted octanol–water partition coefficient (Wildman–Crippen LogP) is -5.50. The topological polar surface area (TPSA) is 316 Å². The van der Waals surface area contributed by atoms with Crippen LogP contribution in [0.3, 0.4) is 0 Å². The van der Waals surface area contributed by atoms with Crippen LogP contribution in [-0.2, 0) is 42.7 Å². The Hall–Kier alpha value is -1.74. The fourth-order valence-corrected chi connectivity index (χ4v) is 4.47. The Bertz CT molecular complexity index is 918. The molecule has 11 N–H and O–H groups in total. The van der Waals surface area contributed by atoms with Crippen molar-refractivity contribution in [1.29, 1.82) is 0 Å². The van der Waals surface area contributed by atoms with Gasteiger partial charge < -0.3 is 89.5 Å². The van der Waals surface area contributed by atoms with E-state index in [2.05, 4.69) is 5.32 Å². The van der Waals surface area contributed by atoms with Gasteiger partial charge in [-0.2, -0.15) is 0 Å². The molecule has 21 nitrogen and oxygen atoms in total. The number of esters is 1. The molecule has 0 aliphatic heterocycles. The van der Waals surface area contributed by atoms with E-state index in [1.54, 1.807) is 20.8 Å². The van der Waals surface area contributed by atoms with E-state index in [-0.39, 0.29) is 64.3 Å². The summed E-state index contributed by atoms with van der Waals surface area (Å²) in [7, 11) is 0. The Morgan fingerprint density at radius 1 is 0.527 bits per heavy atom. The van der Waals surface area contributed by atoms with Crippen LogP contribution in [0.15, 0.2) is 0 Å². The van der Waals surface area contributed by atoms with Crippen LogP contribution in [-0.4, -0.2) is 241 Å². The highest BCUT2D eigenvalue weighted by Gasteiger charge is 2.34. The second-order valence-corrected chi connectivity index (χ2v) is 13.5. The fourth-order valence-electron chi connectivity index (χ4n) is 4.47. The molecular formula is C34H68N2O19. The molecule has 0 aromatic heterocycles. The molecule has 0 rings (SSSR count). The lowest BCUT2D eigenvalue weighted by Gasteiger charge is -2.33. The molecule has 0 aromatic rings. The SMILES string of the molecule is CC(C)(C)OC(=O)CCOCCOCCOCCOCCNC(=O)CCOCCOCCN(C[C@H](O)[C@@H](O)[C@H](O)[C@H](O)CO)C[C@H](O)[C@@H](O)[C@H](O)[C@H](O)CO. The lowest BCUT2D eigenvalue weighted by Crippen LogP contribution is -2.53. The molecule has 1 amide bonds. The smallest absolute Gasteiger partial charge is 0.308 e. The number of nitrogens with zero attached hydrogens (tertiary/aromatic N) is 1. The Morgan fingerprint density at radius 2 is 0.891 bits per heavy atom. The molecule has 0 aliphatic carbocycles. The second kappa shape index (κ2) is 32.2. The Kier molecular flexibility index (Phi) is 31.2. The monoisotopic (exact) mass is 808 g/mol. The van der Waals surface area contributed by atoms with E-state index >= 15 is 0 Å². The summed E-state index contributed by atoms with van der Waals surface area (Å²) in [5.41, 5.74) is -0.517. The number of hydrogen-bond acceptors (Lipinski definition) is 20. The molecule has 55 heavy (non-hydrogen) atoms. The Labute approximate surface area is 322 Å². The van der Waals surface area contributed by atoms with Gasteiger partial charge in [0.1, 0.15) is 42.2 Å². The molecule has 0 aromatic carbocycles. The van der Waals surface area contributed by atoms with Gasteiger partial charge in [-0.15, -0.1) is 0 Å². The zero-order valence-electron chi connectivity index (χ0n) is 32.4. The molecule has 0 spiro atoms. The standard InChI is InChI=1S/C34H68N2O19/c1-34(2,3)55-29(44)5-9-50-13-16-53-18-19-54-17-14-51-10-6-35-28(43)4-8-49-12-15-52-11-7-36(20-24(39)30(45)32(47)26(41)22-37)21-25(40)31(46)33(48)27(42)23-38/h24-27,30-33,37-42,45-48H,4-23H2,1-3H3,(H,35,43)/t24-,25-,26+,27+,30+,31+,32+,33+/m0/s1. The summed E-state index contributed by atoms with van der Waals surface area (Å²) < 4.78 is 37.6. The van der Waals surface area contributed by atoms with Crippen molar-refractivity contribution in [2.24, 2.45) is 0 Å². The van der Waals surface area contributed by atoms with Crippen LogP contribution in [0.1, 0.15) is 33.6 Å². The van der Waals surface area contributed by atoms with E-state index in [0.717, 1.165) is 0 Å². The number of rotatable bonds is 36. The highest BCUT2D eigenvalue weighted by atomic mass is 16.6. The van der Waals surface area contributed by atoms with Crippen LogP contribution in [0, 0.1) is 0 Å². The molecule has 0 saturated carbocycles. The van der Waals surface area contributed by atoms with Crippen molar-refractivity contribution in [3.63, 3.8) is 0 Å². The van der Waals surface area contributed by atoms with Crippen molar-refractivity contribution < 1.29 is 93.8 Å². The lowest BCUT2D eigenvalue weighted by atomic mass is 10.0. The lowest BCUT2D eigenvalue weighted by molar-refractivity contribution is -0.156. The summed E-state index contributed by atoms with van der Waals surface area (Å²) >= 11 is 0. The number of ether oxygens (including phenoxy) is 7. The zero-order valence-corrected chi connectivity index (χ0v) is 32.4. The van der Waals surface area contributed by atoms with Gasteiger partial charge in [0.25, 0.3) is 0 Å². The zero-order chi connectivity index (χ0) is 41.6. The molecule has 0 fully saturated rings. The largest absolute Gasteiger partial charge is 0.460 e. The minimum atomic E-state index is -1.90. The highest BCUT2D eigenvalue weighted by molar-refractivity contribution is 5.75. The molecule has 0 bridgehead atoms. The van der Waals surface area contributed by atoms with Gasteiger partial charge in [-0.25, -0.2) is 0 Å². The van der Waals surface area contributed by atoms with Crippen molar-refractivity contribution >= 4 is 11.9 Å². The first-order valence-corrected chi connectivity index (χ1v) is 18.4. The van der Waals surface area contributed by atoms with Crippen LogP contribution in [0.2, 0.25) is 0 Å². The first kappa shape index (κ1) is 53.3. The summed E-state index contributed by atoms with van der Waals surface area (Å²) in [4.78, 5) is 24.9. The van der Waals surface area contributed by atoms with Crippen LogP contribution in [0.5, 0.6) is 0 Å². The average Bonchev–Trinajstić information content (AvgIpc) is 3.14. The maximum absolute atomic E-state index is 12.0. The van der Waals surface area contributed by atoms with Crippen molar-refractivity contribution in [3.8, 4) is 0 Å². The second-order valence-electron chi connectivity index (χ2n) is 13.5. The van der Waals surface area contributed by atoms with Gasteiger partial charge in [0, 0.05) is 32.6 Å². The summed E-state index contributed by atoms with van der Waals surface area (Å²) in [5, 5.41) is 101. The number of nitrogens with one attached hydrogen (secondary N) is 1. The van der Waals surface area contributed by atoms with E-state index in [1.165, 1.54) is 4.90 Å². The molecule has 0 saturated heterocycles.